The van der Waals surface area contributed by atoms with E-state index in [1.165, 1.54) is 12.1 Å². The number of rotatable bonds is 10. The van der Waals surface area contributed by atoms with E-state index in [0.29, 0.717) is 13.1 Å². The minimum absolute atomic E-state index is 0.0213. The third-order valence-electron chi connectivity index (χ3n) is 3.49. The van der Waals surface area contributed by atoms with Crippen LogP contribution in [0.5, 0.6) is 0 Å². The van der Waals surface area contributed by atoms with Crippen molar-refractivity contribution in [3.05, 3.63) is 38.9 Å². The van der Waals surface area contributed by atoms with E-state index in [0.717, 1.165) is 18.9 Å². The number of halogens is 1. The van der Waals surface area contributed by atoms with Gasteiger partial charge in [0.2, 0.25) is 0 Å². The smallest absolute Gasteiger partial charge is 0.325 e. The topological polar surface area (TPSA) is 119 Å². The molecule has 10 heteroatoms. The Labute approximate surface area is 161 Å². The van der Waals surface area contributed by atoms with Crippen LogP contribution in [0.15, 0.2) is 18.2 Å². The van der Waals surface area contributed by atoms with Gasteiger partial charge < -0.3 is 15.0 Å². The van der Waals surface area contributed by atoms with Crippen molar-refractivity contribution >= 4 is 35.1 Å². The minimum atomic E-state index is -0.784. The summed E-state index contributed by atoms with van der Waals surface area (Å²) in [5.74, 6) is -1.78. The summed E-state index contributed by atoms with van der Waals surface area (Å²) in [6.07, 6.45) is 1.59. The lowest BCUT2D eigenvalue weighted by Gasteiger charge is -2.21. The van der Waals surface area contributed by atoms with Crippen molar-refractivity contribution < 1.29 is 24.0 Å². The second-order valence-electron chi connectivity index (χ2n) is 5.65. The number of esters is 1. The van der Waals surface area contributed by atoms with Crippen LogP contribution in [0, 0.1) is 10.1 Å². The lowest BCUT2D eigenvalue weighted by Crippen LogP contribution is -2.37. The highest BCUT2D eigenvalue weighted by Gasteiger charge is 2.18. The van der Waals surface area contributed by atoms with Crippen LogP contribution in [-0.2, 0) is 14.3 Å². The number of nitro groups is 1. The molecule has 0 saturated heterocycles. The molecule has 0 saturated carbocycles. The Balaban J connectivity index is 2.52. The van der Waals surface area contributed by atoms with Crippen molar-refractivity contribution in [3.63, 3.8) is 0 Å². The number of benzene rings is 1. The highest BCUT2D eigenvalue weighted by atomic mass is 35.5. The molecular formula is C17H22ClN3O6. The van der Waals surface area contributed by atoms with Crippen molar-refractivity contribution in [1.82, 2.24) is 10.2 Å². The summed E-state index contributed by atoms with van der Waals surface area (Å²) in [4.78, 5) is 47.4. The minimum Gasteiger partial charge on any atom is -0.454 e. The van der Waals surface area contributed by atoms with Gasteiger partial charge in [0.25, 0.3) is 17.5 Å². The molecule has 27 heavy (non-hydrogen) atoms. The predicted molar refractivity (Wildman–Crippen MR) is 98.6 cm³/mol. The van der Waals surface area contributed by atoms with Crippen LogP contribution in [0.2, 0.25) is 5.02 Å². The highest BCUT2D eigenvalue weighted by Crippen LogP contribution is 2.24. The van der Waals surface area contributed by atoms with Crippen molar-refractivity contribution in [1.29, 1.82) is 0 Å². The van der Waals surface area contributed by atoms with E-state index in [1.54, 1.807) is 4.90 Å². The summed E-state index contributed by atoms with van der Waals surface area (Å²) in [5, 5.41) is 13.0. The Bertz CT molecular complexity index is 704. The maximum Gasteiger partial charge on any atom is 0.325 e. The van der Waals surface area contributed by atoms with E-state index in [2.05, 4.69) is 5.32 Å². The summed E-state index contributed by atoms with van der Waals surface area (Å²) >= 11 is 5.68. The quantitative estimate of drug-likeness (QED) is 0.366. The van der Waals surface area contributed by atoms with Crippen molar-refractivity contribution in [3.8, 4) is 0 Å². The van der Waals surface area contributed by atoms with Crippen LogP contribution >= 0.6 is 11.6 Å². The van der Waals surface area contributed by atoms with Gasteiger partial charge in [-0.1, -0.05) is 25.4 Å². The fourth-order valence-electron chi connectivity index (χ4n) is 2.23. The highest BCUT2D eigenvalue weighted by molar-refractivity contribution is 6.32. The SMILES string of the molecule is CCCN(CCC)C(=O)COC(=O)CNC(=O)c1ccc(Cl)c([N+](=O)[O-])c1. The Kier molecular flexibility index (Phi) is 9.21. The van der Waals surface area contributed by atoms with Gasteiger partial charge in [-0.2, -0.15) is 0 Å². The molecule has 0 aliphatic carbocycles. The number of nitrogens with zero attached hydrogens (tertiary/aromatic N) is 2. The second-order valence-corrected chi connectivity index (χ2v) is 6.05. The van der Waals surface area contributed by atoms with Crippen LogP contribution < -0.4 is 5.32 Å². The molecule has 0 aromatic heterocycles. The Morgan fingerprint density at radius 1 is 1.22 bits per heavy atom. The third kappa shape index (κ3) is 7.22. The van der Waals surface area contributed by atoms with Crippen LogP contribution in [0.25, 0.3) is 0 Å². The summed E-state index contributed by atoms with van der Waals surface area (Å²) in [6, 6.07) is 3.54. The number of nitrogens with one attached hydrogen (secondary N) is 1. The molecule has 0 bridgehead atoms. The van der Waals surface area contributed by atoms with E-state index in [-0.39, 0.29) is 16.5 Å². The molecule has 9 nitrogen and oxygen atoms in total. The Morgan fingerprint density at radius 2 is 1.85 bits per heavy atom. The monoisotopic (exact) mass is 399 g/mol. The standard InChI is InChI=1S/C17H22ClN3O6/c1-3-7-20(8-4-2)15(22)11-27-16(23)10-19-17(24)12-5-6-13(18)14(9-12)21(25)26/h5-6,9H,3-4,7-8,10-11H2,1-2H3,(H,19,24). The van der Waals surface area contributed by atoms with Gasteiger partial charge in [-0.05, 0) is 25.0 Å². The number of hydrogen-bond acceptors (Lipinski definition) is 6. The first-order valence-corrected chi connectivity index (χ1v) is 8.83. The summed E-state index contributed by atoms with van der Waals surface area (Å²) < 4.78 is 4.87. The van der Waals surface area contributed by atoms with Crippen LogP contribution in [0.4, 0.5) is 5.69 Å². The molecule has 0 aliphatic heterocycles. The zero-order chi connectivity index (χ0) is 20.4. The molecule has 2 amide bonds. The average molecular weight is 400 g/mol. The summed E-state index contributed by atoms with van der Waals surface area (Å²) in [6.45, 7) is 4.18. The zero-order valence-corrected chi connectivity index (χ0v) is 16.0. The lowest BCUT2D eigenvalue weighted by atomic mass is 10.2. The molecule has 0 fully saturated rings. The van der Waals surface area contributed by atoms with Crippen LogP contribution in [-0.4, -0.2) is 53.8 Å². The van der Waals surface area contributed by atoms with Gasteiger partial charge in [0.1, 0.15) is 11.6 Å². The Hall–Kier alpha value is -2.68. The number of carbonyl (C=O) groups is 3. The number of carbonyl (C=O) groups excluding carboxylic acids is 3. The molecule has 0 radical (unpaired) electrons. The van der Waals surface area contributed by atoms with Gasteiger partial charge in [-0.15, -0.1) is 0 Å². The van der Waals surface area contributed by atoms with E-state index in [4.69, 9.17) is 16.3 Å². The third-order valence-corrected chi connectivity index (χ3v) is 3.81. The van der Waals surface area contributed by atoms with Crippen molar-refractivity contribution in [2.75, 3.05) is 26.2 Å². The largest absolute Gasteiger partial charge is 0.454 e. The van der Waals surface area contributed by atoms with Gasteiger partial charge in [0, 0.05) is 24.7 Å². The molecule has 0 spiro atoms. The Morgan fingerprint density at radius 3 is 2.41 bits per heavy atom. The van der Waals surface area contributed by atoms with Gasteiger partial charge >= 0.3 is 5.97 Å². The number of amides is 2. The normalized spacial score (nSPS) is 10.2. The second kappa shape index (κ2) is 11.1. The predicted octanol–water partition coefficient (Wildman–Crippen LogP) is 2.17. The number of ether oxygens (including phenoxy) is 1. The molecule has 1 aromatic rings. The van der Waals surface area contributed by atoms with E-state index < -0.39 is 35.6 Å². The first-order chi connectivity index (χ1) is 12.8. The van der Waals surface area contributed by atoms with Crippen LogP contribution in [0.1, 0.15) is 37.0 Å². The van der Waals surface area contributed by atoms with E-state index in [1.807, 2.05) is 13.8 Å². The summed E-state index contributed by atoms with van der Waals surface area (Å²) in [7, 11) is 0. The molecule has 1 aromatic carbocycles. The molecule has 1 N–H and O–H groups in total. The fraction of sp³-hybridized carbons (Fsp3) is 0.471. The van der Waals surface area contributed by atoms with Gasteiger partial charge in [0.05, 0.1) is 4.92 Å². The van der Waals surface area contributed by atoms with Crippen molar-refractivity contribution in [2.24, 2.45) is 0 Å². The summed E-state index contributed by atoms with van der Waals surface area (Å²) in [5.41, 5.74) is -0.434. The molecule has 0 unspecified atom stereocenters. The molecular weight excluding hydrogens is 378 g/mol. The van der Waals surface area contributed by atoms with Gasteiger partial charge in [-0.25, -0.2) is 0 Å². The molecule has 0 atom stereocenters. The molecule has 0 heterocycles. The van der Waals surface area contributed by atoms with Gasteiger partial charge in [-0.3, -0.25) is 24.5 Å². The van der Waals surface area contributed by atoms with Gasteiger partial charge in [0.15, 0.2) is 6.61 Å². The average Bonchev–Trinajstić information content (AvgIpc) is 2.64. The fourth-order valence-corrected chi connectivity index (χ4v) is 2.42. The first kappa shape index (κ1) is 22.4. The van der Waals surface area contributed by atoms with E-state index >= 15 is 0 Å². The molecule has 0 aliphatic rings. The maximum atomic E-state index is 12.0. The van der Waals surface area contributed by atoms with Crippen LogP contribution in [0.3, 0.4) is 0 Å². The number of hydrogen-bond donors (Lipinski definition) is 1. The number of nitro benzene ring substituents is 1. The maximum absolute atomic E-state index is 12.0. The first-order valence-electron chi connectivity index (χ1n) is 8.45. The van der Waals surface area contributed by atoms with Crippen molar-refractivity contribution in [2.45, 2.75) is 26.7 Å². The lowest BCUT2D eigenvalue weighted by molar-refractivity contribution is -0.384. The van der Waals surface area contributed by atoms with E-state index in [9.17, 15) is 24.5 Å². The zero-order valence-electron chi connectivity index (χ0n) is 15.2. The molecule has 148 valence electrons. The molecule has 1 rings (SSSR count).